The van der Waals surface area contributed by atoms with Crippen LogP contribution in [0, 0.1) is 0 Å². The molecule has 19 heavy (non-hydrogen) atoms. The number of hydrogen-bond donors (Lipinski definition) is 0. The van der Waals surface area contributed by atoms with Crippen LogP contribution in [0.1, 0.15) is 33.0 Å². The number of rotatable bonds is 5. The van der Waals surface area contributed by atoms with E-state index in [1.54, 1.807) is 7.11 Å². The van der Waals surface area contributed by atoms with Gasteiger partial charge in [0.25, 0.3) is 0 Å². The SMILES string of the molecule is CCC(C)(C)n1c(CCCl)nc2c(OC)ncnc21. The number of imidazole rings is 1. The lowest BCUT2D eigenvalue weighted by molar-refractivity contribution is 0.340. The molecule has 0 aliphatic carbocycles. The molecule has 0 amide bonds. The van der Waals surface area contributed by atoms with Crippen molar-refractivity contribution >= 4 is 22.8 Å². The van der Waals surface area contributed by atoms with Crippen LogP contribution in [0.4, 0.5) is 0 Å². The van der Waals surface area contributed by atoms with Gasteiger partial charge in [-0.3, -0.25) is 0 Å². The summed E-state index contributed by atoms with van der Waals surface area (Å²) in [5.41, 5.74) is 1.43. The highest BCUT2D eigenvalue weighted by molar-refractivity contribution is 6.17. The van der Waals surface area contributed by atoms with Crippen molar-refractivity contribution in [3.63, 3.8) is 0 Å². The second kappa shape index (κ2) is 5.33. The highest BCUT2D eigenvalue weighted by Gasteiger charge is 2.26. The lowest BCUT2D eigenvalue weighted by Gasteiger charge is -2.27. The van der Waals surface area contributed by atoms with Gasteiger partial charge in [-0.2, -0.15) is 4.98 Å². The Kier molecular flexibility index (Phi) is 3.94. The molecule has 0 bridgehead atoms. The Morgan fingerprint density at radius 3 is 2.68 bits per heavy atom. The number of alkyl halides is 1. The molecule has 0 radical (unpaired) electrons. The van der Waals surface area contributed by atoms with E-state index in [9.17, 15) is 0 Å². The van der Waals surface area contributed by atoms with E-state index in [1.165, 1.54) is 6.33 Å². The molecule has 2 aromatic heterocycles. The third-order valence-electron chi connectivity index (χ3n) is 3.46. The molecule has 104 valence electrons. The highest BCUT2D eigenvalue weighted by Crippen LogP contribution is 2.30. The van der Waals surface area contributed by atoms with Gasteiger partial charge in [-0.05, 0) is 20.3 Å². The maximum Gasteiger partial charge on any atom is 0.245 e. The Balaban J connectivity index is 2.74. The summed E-state index contributed by atoms with van der Waals surface area (Å²) < 4.78 is 7.41. The maximum atomic E-state index is 5.88. The van der Waals surface area contributed by atoms with Gasteiger partial charge in [-0.15, -0.1) is 11.6 Å². The van der Waals surface area contributed by atoms with E-state index in [4.69, 9.17) is 16.3 Å². The van der Waals surface area contributed by atoms with Crippen LogP contribution in [0.5, 0.6) is 5.88 Å². The van der Waals surface area contributed by atoms with Crippen molar-refractivity contribution < 1.29 is 4.74 Å². The average molecular weight is 283 g/mol. The molecule has 6 heteroatoms. The van der Waals surface area contributed by atoms with Gasteiger partial charge in [0.1, 0.15) is 12.2 Å². The Morgan fingerprint density at radius 1 is 1.37 bits per heavy atom. The number of halogens is 1. The van der Waals surface area contributed by atoms with Crippen LogP contribution in [-0.2, 0) is 12.0 Å². The van der Waals surface area contributed by atoms with Gasteiger partial charge in [0.15, 0.2) is 11.2 Å². The number of aromatic nitrogens is 4. The van der Waals surface area contributed by atoms with Crippen LogP contribution in [0.15, 0.2) is 6.33 Å². The molecular formula is C13H19ClN4O. The summed E-state index contributed by atoms with van der Waals surface area (Å²) >= 11 is 5.88. The Labute approximate surface area is 118 Å². The largest absolute Gasteiger partial charge is 0.479 e. The first kappa shape index (κ1) is 14.1. The summed E-state index contributed by atoms with van der Waals surface area (Å²) in [5, 5.41) is 0. The van der Waals surface area contributed by atoms with Gasteiger partial charge in [0.05, 0.1) is 7.11 Å². The molecule has 0 spiro atoms. The first-order valence-electron chi connectivity index (χ1n) is 6.38. The summed E-state index contributed by atoms with van der Waals surface area (Å²) in [7, 11) is 1.59. The summed E-state index contributed by atoms with van der Waals surface area (Å²) in [6.07, 6.45) is 3.18. The molecule has 2 rings (SSSR count). The zero-order valence-corrected chi connectivity index (χ0v) is 12.5. The van der Waals surface area contributed by atoms with Gasteiger partial charge in [-0.1, -0.05) is 6.92 Å². The van der Waals surface area contributed by atoms with E-state index in [1.807, 2.05) is 0 Å². The predicted molar refractivity (Wildman–Crippen MR) is 75.9 cm³/mol. The van der Waals surface area contributed by atoms with E-state index in [-0.39, 0.29) is 5.54 Å². The number of aryl methyl sites for hydroxylation is 1. The molecule has 0 atom stereocenters. The summed E-state index contributed by atoms with van der Waals surface area (Å²) in [6, 6.07) is 0. The van der Waals surface area contributed by atoms with Crippen LogP contribution in [-0.4, -0.2) is 32.5 Å². The molecule has 0 aromatic carbocycles. The fraction of sp³-hybridized carbons (Fsp3) is 0.615. The second-order valence-corrected chi connectivity index (χ2v) is 5.40. The van der Waals surface area contributed by atoms with Crippen molar-refractivity contribution in [3.8, 4) is 5.88 Å². The molecule has 0 N–H and O–H groups in total. The standard InChI is InChI=1S/C13H19ClN4O/c1-5-13(2,3)18-9(6-7-14)17-10-11(18)15-8-16-12(10)19-4/h8H,5-7H2,1-4H3. The molecule has 0 fully saturated rings. The first-order chi connectivity index (χ1) is 9.05. The maximum absolute atomic E-state index is 5.88. The van der Waals surface area contributed by atoms with Crippen LogP contribution < -0.4 is 4.74 Å². The monoisotopic (exact) mass is 282 g/mol. The molecule has 0 unspecified atom stereocenters. The van der Waals surface area contributed by atoms with E-state index in [0.717, 1.165) is 17.9 Å². The zero-order chi connectivity index (χ0) is 14.0. The van der Waals surface area contributed by atoms with E-state index >= 15 is 0 Å². The molecule has 0 aliphatic rings. The first-order valence-corrected chi connectivity index (χ1v) is 6.91. The Hall–Kier alpha value is -1.36. The minimum absolute atomic E-state index is 0.0739. The van der Waals surface area contributed by atoms with Crippen molar-refractivity contribution in [1.82, 2.24) is 19.5 Å². The number of nitrogens with zero attached hydrogens (tertiary/aromatic N) is 4. The minimum Gasteiger partial charge on any atom is -0.479 e. The van der Waals surface area contributed by atoms with E-state index < -0.39 is 0 Å². The summed E-state index contributed by atoms with van der Waals surface area (Å²) in [6.45, 7) is 6.48. The van der Waals surface area contributed by atoms with Gasteiger partial charge < -0.3 is 9.30 Å². The van der Waals surface area contributed by atoms with E-state index in [2.05, 4.69) is 40.3 Å². The second-order valence-electron chi connectivity index (χ2n) is 5.02. The molecule has 5 nitrogen and oxygen atoms in total. The van der Waals surface area contributed by atoms with Crippen molar-refractivity contribution in [3.05, 3.63) is 12.2 Å². The predicted octanol–water partition coefficient (Wildman–Crippen LogP) is 2.76. The third-order valence-corrected chi connectivity index (χ3v) is 3.65. The molecular weight excluding hydrogens is 264 g/mol. The summed E-state index contributed by atoms with van der Waals surface area (Å²) in [5.74, 6) is 1.96. The van der Waals surface area contributed by atoms with Crippen LogP contribution >= 0.6 is 11.6 Å². The number of fused-ring (bicyclic) bond motifs is 1. The van der Waals surface area contributed by atoms with E-state index in [0.29, 0.717) is 23.7 Å². The number of methoxy groups -OCH3 is 1. The van der Waals surface area contributed by atoms with Gasteiger partial charge in [0.2, 0.25) is 5.88 Å². The molecule has 2 aromatic rings. The van der Waals surface area contributed by atoms with Gasteiger partial charge in [0, 0.05) is 17.8 Å². The fourth-order valence-electron chi connectivity index (χ4n) is 2.11. The quantitative estimate of drug-likeness (QED) is 0.791. The molecule has 0 aliphatic heterocycles. The van der Waals surface area contributed by atoms with Crippen molar-refractivity contribution in [2.45, 2.75) is 39.2 Å². The molecule has 0 saturated carbocycles. The summed E-state index contributed by atoms with van der Waals surface area (Å²) in [4.78, 5) is 13.1. The van der Waals surface area contributed by atoms with Crippen LogP contribution in [0.25, 0.3) is 11.2 Å². The number of hydrogen-bond acceptors (Lipinski definition) is 4. The Morgan fingerprint density at radius 2 is 2.11 bits per heavy atom. The Bertz CT molecular complexity index is 579. The average Bonchev–Trinajstić information content (AvgIpc) is 2.77. The highest BCUT2D eigenvalue weighted by atomic mass is 35.5. The van der Waals surface area contributed by atoms with Crippen LogP contribution in [0.3, 0.4) is 0 Å². The number of ether oxygens (including phenoxy) is 1. The molecule has 0 saturated heterocycles. The zero-order valence-electron chi connectivity index (χ0n) is 11.8. The third kappa shape index (κ3) is 2.39. The normalized spacial score (nSPS) is 12.1. The smallest absolute Gasteiger partial charge is 0.245 e. The lowest BCUT2D eigenvalue weighted by Crippen LogP contribution is -2.27. The van der Waals surface area contributed by atoms with Gasteiger partial charge >= 0.3 is 0 Å². The van der Waals surface area contributed by atoms with Gasteiger partial charge in [-0.25, -0.2) is 9.97 Å². The topological polar surface area (TPSA) is 52.8 Å². The van der Waals surface area contributed by atoms with Crippen molar-refractivity contribution in [2.24, 2.45) is 0 Å². The minimum atomic E-state index is -0.0739. The van der Waals surface area contributed by atoms with Crippen molar-refractivity contribution in [1.29, 1.82) is 0 Å². The van der Waals surface area contributed by atoms with Crippen LogP contribution in [0.2, 0.25) is 0 Å². The van der Waals surface area contributed by atoms with Crippen molar-refractivity contribution in [2.75, 3.05) is 13.0 Å². The lowest BCUT2D eigenvalue weighted by atomic mass is 10.0. The molecule has 2 heterocycles. The fourth-order valence-corrected chi connectivity index (χ4v) is 2.28.